The number of nitrogens with zero attached hydrogens (tertiary/aromatic N) is 5. The van der Waals surface area contributed by atoms with Gasteiger partial charge in [0.25, 0.3) is 5.91 Å². The largest absolute Gasteiger partial charge is 0.482 e. The second-order valence-electron chi connectivity index (χ2n) is 13.8. The van der Waals surface area contributed by atoms with Gasteiger partial charge in [-0.1, -0.05) is 32.9 Å². The molecule has 0 spiro atoms. The average Bonchev–Trinajstić information content (AvgIpc) is 3.39. The van der Waals surface area contributed by atoms with Gasteiger partial charge in [-0.15, -0.1) is 0 Å². The van der Waals surface area contributed by atoms with Crippen LogP contribution in [-0.4, -0.2) is 61.4 Å². The minimum atomic E-state index is -0.484. The monoisotopic (exact) mass is 595 g/mol. The van der Waals surface area contributed by atoms with Crippen LogP contribution in [0.2, 0.25) is 0 Å². The van der Waals surface area contributed by atoms with Gasteiger partial charge in [-0.05, 0) is 56.9 Å². The van der Waals surface area contributed by atoms with E-state index in [2.05, 4.69) is 28.1 Å². The molecular weight excluding hydrogens is 554 g/mol. The number of ether oxygens (including phenoxy) is 1. The molecule has 1 saturated heterocycles. The Bertz CT molecular complexity index is 1840. The Balaban J connectivity index is 1.29. The zero-order valence-electron chi connectivity index (χ0n) is 26.3. The number of nitrogens with one attached hydrogen (secondary N) is 1. The van der Waals surface area contributed by atoms with Gasteiger partial charge < -0.3 is 25.3 Å². The summed E-state index contributed by atoms with van der Waals surface area (Å²) < 4.78 is 10.1. The van der Waals surface area contributed by atoms with Crippen LogP contribution in [0.15, 0.2) is 42.5 Å². The first-order chi connectivity index (χ1) is 20.9. The van der Waals surface area contributed by atoms with Crippen LogP contribution in [0.3, 0.4) is 0 Å². The van der Waals surface area contributed by atoms with Crippen LogP contribution in [0.4, 0.5) is 0 Å². The number of hydrogen-bond acceptors (Lipinski definition) is 6. The lowest BCUT2D eigenvalue weighted by Crippen LogP contribution is -2.40. The molecule has 2 bridgehead atoms. The predicted molar refractivity (Wildman–Crippen MR) is 169 cm³/mol. The van der Waals surface area contributed by atoms with E-state index < -0.39 is 5.41 Å². The Kier molecular flexibility index (Phi) is 6.62. The van der Waals surface area contributed by atoms with Gasteiger partial charge in [0.1, 0.15) is 17.0 Å². The SMILES string of the molecule is COc1cc(C(=O)N2C[C@H]3C=C[C@@H]2[C@@H]3N)cc2nc(-c3cc4ccc([C@@H](C)NC(=O)C(C)(C)C)nc4n3CC3CC3)c(C)n12. The van der Waals surface area contributed by atoms with Crippen molar-refractivity contribution in [3.8, 4) is 17.3 Å². The van der Waals surface area contributed by atoms with Crippen molar-refractivity contribution in [3.63, 3.8) is 0 Å². The zero-order chi connectivity index (χ0) is 31.1. The molecule has 10 heteroatoms. The summed E-state index contributed by atoms with van der Waals surface area (Å²) in [5, 5.41) is 4.14. The first kappa shape index (κ1) is 28.6. The molecule has 44 heavy (non-hydrogen) atoms. The van der Waals surface area contributed by atoms with Crippen molar-refractivity contribution < 1.29 is 14.3 Å². The molecule has 2 aliphatic carbocycles. The number of amides is 2. The molecule has 230 valence electrons. The molecule has 0 radical (unpaired) electrons. The Labute approximate surface area is 257 Å². The second kappa shape index (κ2) is 10.2. The van der Waals surface area contributed by atoms with E-state index in [0.717, 1.165) is 40.4 Å². The Morgan fingerprint density at radius 1 is 1.14 bits per heavy atom. The van der Waals surface area contributed by atoms with Gasteiger partial charge in [0.05, 0.1) is 36.3 Å². The van der Waals surface area contributed by atoms with Crippen LogP contribution in [0.25, 0.3) is 28.1 Å². The number of nitrogens with two attached hydrogens (primary N) is 1. The predicted octanol–water partition coefficient (Wildman–Crippen LogP) is 4.64. The first-order valence-corrected chi connectivity index (χ1v) is 15.6. The molecular formula is C34H41N7O3. The number of imidazole rings is 1. The van der Waals surface area contributed by atoms with Gasteiger partial charge in [0.2, 0.25) is 5.91 Å². The number of rotatable bonds is 7. The van der Waals surface area contributed by atoms with Gasteiger partial charge in [-0.3, -0.25) is 14.0 Å². The third-order valence-corrected chi connectivity index (χ3v) is 9.46. The molecule has 7 rings (SSSR count). The smallest absolute Gasteiger partial charge is 0.254 e. The molecule has 1 saturated carbocycles. The van der Waals surface area contributed by atoms with Crippen molar-refractivity contribution in [2.45, 2.75) is 72.1 Å². The molecule has 0 aromatic carbocycles. The van der Waals surface area contributed by atoms with Crippen LogP contribution in [0, 0.1) is 24.2 Å². The molecule has 4 atom stereocenters. The van der Waals surface area contributed by atoms with E-state index >= 15 is 0 Å². The quantitative estimate of drug-likeness (QED) is 0.301. The van der Waals surface area contributed by atoms with Crippen molar-refractivity contribution in [1.82, 2.24) is 29.2 Å². The summed E-state index contributed by atoms with van der Waals surface area (Å²) in [5.74, 6) is 1.28. The number of methoxy groups -OCH3 is 1. The summed E-state index contributed by atoms with van der Waals surface area (Å²) in [5.41, 5.74) is 11.5. The third-order valence-electron chi connectivity index (χ3n) is 9.46. The fourth-order valence-corrected chi connectivity index (χ4v) is 6.60. The minimum Gasteiger partial charge on any atom is -0.482 e. The summed E-state index contributed by atoms with van der Waals surface area (Å²) in [6, 6.07) is 9.52. The van der Waals surface area contributed by atoms with Gasteiger partial charge in [0.15, 0.2) is 5.88 Å². The third kappa shape index (κ3) is 4.67. The number of carbonyl (C=O) groups is 2. The molecule has 3 aliphatic rings. The standard InChI is InChI=1S/C34H41N7O3/c1-18(36-33(43)34(3,4)5)24-11-9-21-13-26(39(31(21)37-24)16-20-7-8-20)30-19(2)41-27(38-30)14-23(15-28(41)44-6)32(42)40-17-22-10-12-25(40)29(22)35/h9-15,18,20,22,25,29H,7-8,16-17,35H2,1-6H3,(H,36,43)/t18-,22-,25-,29-/m1/s1. The highest BCUT2D eigenvalue weighted by Crippen LogP contribution is 2.38. The number of aryl methyl sites for hydroxylation is 1. The van der Waals surface area contributed by atoms with Crippen LogP contribution >= 0.6 is 0 Å². The molecule has 4 aromatic rings. The summed E-state index contributed by atoms with van der Waals surface area (Å²) in [7, 11) is 1.62. The van der Waals surface area contributed by atoms with Gasteiger partial charge in [0, 0.05) is 47.5 Å². The lowest BCUT2D eigenvalue weighted by atomic mass is 9.95. The van der Waals surface area contributed by atoms with Gasteiger partial charge in [-0.2, -0.15) is 0 Å². The van der Waals surface area contributed by atoms with E-state index in [9.17, 15) is 9.59 Å². The van der Waals surface area contributed by atoms with E-state index in [1.165, 1.54) is 12.8 Å². The number of likely N-dealkylation sites (tertiary alicyclic amines) is 1. The van der Waals surface area contributed by atoms with E-state index in [-0.39, 0.29) is 35.9 Å². The van der Waals surface area contributed by atoms with Crippen molar-refractivity contribution in [2.24, 2.45) is 23.0 Å². The van der Waals surface area contributed by atoms with Crippen LogP contribution in [-0.2, 0) is 11.3 Å². The number of aromatic nitrogens is 4. The van der Waals surface area contributed by atoms with Crippen molar-refractivity contribution in [1.29, 1.82) is 0 Å². The topological polar surface area (TPSA) is 120 Å². The maximum atomic E-state index is 13.7. The van der Waals surface area contributed by atoms with Crippen molar-refractivity contribution in [3.05, 3.63) is 59.4 Å². The molecule has 2 fully saturated rings. The molecule has 5 heterocycles. The van der Waals surface area contributed by atoms with E-state index in [1.807, 2.05) is 62.1 Å². The minimum absolute atomic E-state index is 0.00961. The average molecular weight is 596 g/mol. The first-order valence-electron chi connectivity index (χ1n) is 15.6. The maximum Gasteiger partial charge on any atom is 0.254 e. The molecule has 3 N–H and O–H groups in total. The maximum absolute atomic E-state index is 13.7. The number of hydrogen-bond donors (Lipinski definition) is 2. The van der Waals surface area contributed by atoms with Crippen molar-refractivity contribution in [2.75, 3.05) is 13.7 Å². The highest BCUT2D eigenvalue weighted by molar-refractivity contribution is 5.96. The highest BCUT2D eigenvalue weighted by Gasteiger charge is 2.43. The zero-order valence-corrected chi connectivity index (χ0v) is 26.3. The second-order valence-corrected chi connectivity index (χ2v) is 13.8. The summed E-state index contributed by atoms with van der Waals surface area (Å²) in [6.45, 7) is 11.2. The van der Waals surface area contributed by atoms with Gasteiger partial charge >= 0.3 is 0 Å². The highest BCUT2D eigenvalue weighted by atomic mass is 16.5. The normalized spacial score (nSPS) is 21.9. The van der Waals surface area contributed by atoms with E-state index in [0.29, 0.717) is 29.6 Å². The lowest BCUT2D eigenvalue weighted by molar-refractivity contribution is -0.129. The Morgan fingerprint density at radius 3 is 2.55 bits per heavy atom. The molecule has 1 aliphatic heterocycles. The fraction of sp³-hybridized carbons (Fsp3) is 0.471. The molecule has 2 amide bonds. The van der Waals surface area contributed by atoms with Crippen LogP contribution < -0.4 is 15.8 Å². The number of carbonyl (C=O) groups excluding carboxylic acids is 2. The van der Waals surface area contributed by atoms with E-state index in [4.69, 9.17) is 20.4 Å². The fourth-order valence-electron chi connectivity index (χ4n) is 6.60. The number of fused-ring (bicyclic) bond motifs is 4. The molecule has 0 unspecified atom stereocenters. The van der Waals surface area contributed by atoms with E-state index in [1.54, 1.807) is 13.2 Å². The Morgan fingerprint density at radius 2 is 1.91 bits per heavy atom. The molecule has 4 aromatic heterocycles. The van der Waals surface area contributed by atoms with Crippen LogP contribution in [0.5, 0.6) is 5.88 Å². The van der Waals surface area contributed by atoms with Crippen molar-refractivity contribution >= 4 is 28.5 Å². The van der Waals surface area contributed by atoms with Gasteiger partial charge in [-0.25, -0.2) is 9.97 Å². The van der Waals surface area contributed by atoms with Crippen LogP contribution in [0.1, 0.15) is 68.3 Å². The lowest BCUT2D eigenvalue weighted by Gasteiger charge is -2.24. The summed E-state index contributed by atoms with van der Waals surface area (Å²) >= 11 is 0. The number of pyridine rings is 2. The molecule has 10 nitrogen and oxygen atoms in total. The summed E-state index contributed by atoms with van der Waals surface area (Å²) in [4.78, 5) is 38.4. The Hall–Kier alpha value is -4.18. The summed E-state index contributed by atoms with van der Waals surface area (Å²) in [6.07, 6.45) is 6.55.